The van der Waals surface area contributed by atoms with Crippen LogP contribution in [-0.4, -0.2) is 112 Å². The Bertz CT molecular complexity index is 2110. The van der Waals surface area contributed by atoms with Crippen molar-refractivity contribution in [3.05, 3.63) is 71.9 Å². The number of para-hydroxylation sites is 1. The zero-order valence-electron chi connectivity index (χ0n) is 37.3. The number of amides is 6. The number of carboxylic acid groups (broad SMARTS) is 1. The molecule has 2 saturated heterocycles. The van der Waals surface area contributed by atoms with E-state index in [9.17, 15) is 28.8 Å². The molecule has 352 valence electrons. The van der Waals surface area contributed by atoms with Crippen LogP contribution in [0.3, 0.4) is 0 Å². The highest BCUT2D eigenvalue weighted by molar-refractivity contribution is 5.97. The van der Waals surface area contributed by atoms with E-state index in [1.807, 2.05) is 54.6 Å². The molecular weight excluding hydrogens is 833 g/mol. The van der Waals surface area contributed by atoms with Gasteiger partial charge in [-0.15, -0.1) is 0 Å². The van der Waals surface area contributed by atoms with Crippen molar-refractivity contribution in [1.29, 1.82) is 0 Å². The largest absolute Gasteiger partial charge is 0.481 e. The van der Waals surface area contributed by atoms with Gasteiger partial charge in [-0.1, -0.05) is 80.6 Å². The fourth-order valence-electron chi connectivity index (χ4n) is 8.87. The Kier molecular flexibility index (Phi) is 19.2. The second-order valence-electron chi connectivity index (χ2n) is 17.2. The number of aliphatic carboxylic acids is 1. The zero-order chi connectivity index (χ0) is 46.7. The molecule has 65 heavy (non-hydrogen) atoms. The summed E-state index contributed by atoms with van der Waals surface area (Å²) in [6.45, 7) is 1.77. The number of fused-ring (bicyclic) bond motifs is 2. The maximum Gasteiger partial charge on any atom is 0.300 e. The highest BCUT2D eigenvalue weighted by atomic mass is 16.4. The minimum absolute atomic E-state index is 0.0916. The number of aryl methyl sites for hydroxylation is 1. The Hall–Kier alpha value is -6.46. The third kappa shape index (κ3) is 15.6. The molecule has 18 nitrogen and oxygen atoms in total. The van der Waals surface area contributed by atoms with Gasteiger partial charge in [0.25, 0.3) is 5.97 Å². The third-order valence-corrected chi connectivity index (χ3v) is 12.2. The first-order valence-electron chi connectivity index (χ1n) is 22.9. The van der Waals surface area contributed by atoms with E-state index in [-0.39, 0.29) is 62.5 Å². The standard InChI is InChI=1S/C45H62N10O6.C2H4O2/c46-45(47)49-24-9-18-34-40(57)48-23-10-19-35(51-39(56)22-21-29-12-3-1-4-13-29)44(61)55-25-11-20-38(55)43(60)54-36(26-30-14-5-2-6-15-30)41(58)53-37(42(59)52-34)27-31-28-50-33-17-8-7-16-32(31)33;1-2(3)4/h1,3-4,7-8,12-13,16-17,28,30,34-38,50H,2,5-6,9-11,14-15,18-27H2,(H,48,57)(H,51,56)(H,52,59)(H,53,58)(H,54,60)(H4,46,47,49);1H3,(H,3,4)/t34-,35-,36+,37-,38-;/m0./s1. The van der Waals surface area contributed by atoms with Crippen molar-refractivity contribution in [3.63, 3.8) is 0 Å². The van der Waals surface area contributed by atoms with Gasteiger partial charge in [0.1, 0.15) is 30.2 Å². The van der Waals surface area contributed by atoms with E-state index < -0.39 is 59.8 Å². The lowest BCUT2D eigenvalue weighted by molar-refractivity contribution is -0.142. The molecular formula is C47H66N10O8. The van der Waals surface area contributed by atoms with Gasteiger partial charge in [-0.3, -0.25) is 38.6 Å². The molecule has 11 N–H and O–H groups in total. The number of carbonyl (C=O) groups is 7. The van der Waals surface area contributed by atoms with Gasteiger partial charge in [0.15, 0.2) is 5.96 Å². The quantitative estimate of drug-likeness (QED) is 0.0727. The lowest BCUT2D eigenvalue weighted by Gasteiger charge is -2.32. The molecule has 3 aliphatic rings. The number of nitrogens with one attached hydrogen (secondary N) is 6. The molecule has 3 heterocycles. The number of benzene rings is 2. The van der Waals surface area contributed by atoms with E-state index in [0.717, 1.165) is 61.1 Å². The van der Waals surface area contributed by atoms with E-state index in [2.05, 4.69) is 36.6 Å². The zero-order valence-corrected chi connectivity index (χ0v) is 37.3. The highest BCUT2D eigenvalue weighted by Crippen LogP contribution is 2.28. The number of aromatic amines is 1. The van der Waals surface area contributed by atoms with Crippen molar-refractivity contribution in [2.24, 2.45) is 22.4 Å². The van der Waals surface area contributed by atoms with E-state index in [4.69, 9.17) is 21.4 Å². The Labute approximate surface area is 379 Å². The summed E-state index contributed by atoms with van der Waals surface area (Å²) in [7, 11) is 0. The normalized spacial score (nSPS) is 22.7. The number of guanidine groups is 1. The first kappa shape index (κ1) is 49.6. The van der Waals surface area contributed by atoms with Gasteiger partial charge < -0.3 is 53.0 Å². The topological polar surface area (TPSA) is 283 Å². The molecule has 1 saturated carbocycles. The average molecular weight is 899 g/mol. The van der Waals surface area contributed by atoms with Crippen LogP contribution in [0.25, 0.3) is 10.9 Å². The molecule has 3 fully saturated rings. The van der Waals surface area contributed by atoms with Gasteiger partial charge in [-0.2, -0.15) is 0 Å². The first-order chi connectivity index (χ1) is 31.3. The van der Waals surface area contributed by atoms with Crippen LogP contribution < -0.4 is 38.1 Å². The molecule has 18 heteroatoms. The van der Waals surface area contributed by atoms with Crippen LogP contribution in [0, 0.1) is 5.92 Å². The Morgan fingerprint density at radius 1 is 0.800 bits per heavy atom. The summed E-state index contributed by atoms with van der Waals surface area (Å²) in [5.74, 6) is -3.40. The maximum atomic E-state index is 14.5. The lowest BCUT2D eigenvalue weighted by Crippen LogP contribution is -2.59. The van der Waals surface area contributed by atoms with Crippen molar-refractivity contribution in [1.82, 2.24) is 36.5 Å². The number of nitrogens with two attached hydrogens (primary N) is 2. The number of carbonyl (C=O) groups excluding carboxylic acids is 6. The summed E-state index contributed by atoms with van der Waals surface area (Å²) in [6, 6.07) is 12.3. The molecule has 1 aliphatic carbocycles. The number of aromatic nitrogens is 1. The molecule has 2 aromatic carbocycles. The average Bonchev–Trinajstić information content (AvgIpc) is 3.95. The third-order valence-electron chi connectivity index (χ3n) is 12.2. The summed E-state index contributed by atoms with van der Waals surface area (Å²) in [5.41, 5.74) is 13.7. The van der Waals surface area contributed by atoms with Crippen LogP contribution in [0.15, 0.2) is 65.8 Å². The Morgan fingerprint density at radius 3 is 2.22 bits per heavy atom. The number of hydrogen-bond donors (Lipinski definition) is 9. The number of carboxylic acids is 1. The fourth-order valence-corrected chi connectivity index (χ4v) is 8.87. The van der Waals surface area contributed by atoms with Crippen molar-refractivity contribution >= 4 is 58.3 Å². The number of nitrogens with zero attached hydrogens (tertiary/aromatic N) is 2. The molecule has 0 unspecified atom stereocenters. The van der Waals surface area contributed by atoms with Crippen LogP contribution in [0.1, 0.15) is 102 Å². The second-order valence-corrected chi connectivity index (χ2v) is 17.2. The van der Waals surface area contributed by atoms with E-state index in [1.54, 1.807) is 6.20 Å². The summed E-state index contributed by atoms with van der Waals surface area (Å²) in [4.78, 5) is 103. The molecule has 0 bridgehead atoms. The smallest absolute Gasteiger partial charge is 0.300 e. The van der Waals surface area contributed by atoms with Gasteiger partial charge in [0.2, 0.25) is 35.4 Å². The van der Waals surface area contributed by atoms with Gasteiger partial charge >= 0.3 is 0 Å². The SMILES string of the molecule is CC(=O)O.NC(N)=NCCC[C@@H]1NC(=O)[C@H](Cc2c[nH]c3ccccc23)NC(=O)[C@@H](CC2CCCCC2)NC(=O)[C@@H]2CCCN2C(=O)[C@@H](NC(=O)CCc2ccccc2)CCCNC1=O. The van der Waals surface area contributed by atoms with E-state index in [0.29, 0.717) is 45.1 Å². The van der Waals surface area contributed by atoms with Gasteiger partial charge in [0, 0.05) is 56.5 Å². The summed E-state index contributed by atoms with van der Waals surface area (Å²) >= 11 is 0. The molecule has 6 rings (SSSR count). The van der Waals surface area contributed by atoms with Crippen LogP contribution in [0.4, 0.5) is 0 Å². The van der Waals surface area contributed by atoms with Crippen LogP contribution in [-0.2, 0) is 46.4 Å². The predicted molar refractivity (Wildman–Crippen MR) is 246 cm³/mol. The Balaban J connectivity index is 0.00000190. The highest BCUT2D eigenvalue weighted by Gasteiger charge is 2.40. The van der Waals surface area contributed by atoms with Gasteiger partial charge in [0.05, 0.1) is 0 Å². The summed E-state index contributed by atoms with van der Waals surface area (Å²) in [6.07, 6.45) is 9.96. The molecule has 2 aliphatic heterocycles. The minimum Gasteiger partial charge on any atom is -0.481 e. The van der Waals surface area contributed by atoms with Crippen molar-refractivity contribution in [2.45, 2.75) is 133 Å². The minimum atomic E-state index is -1.11. The number of H-pyrrole nitrogens is 1. The predicted octanol–water partition coefficient (Wildman–Crippen LogP) is 2.30. The van der Waals surface area contributed by atoms with Crippen LogP contribution in [0.2, 0.25) is 0 Å². The second kappa shape index (κ2) is 25.1. The van der Waals surface area contributed by atoms with E-state index >= 15 is 0 Å². The maximum absolute atomic E-state index is 14.5. The lowest BCUT2D eigenvalue weighted by atomic mass is 9.84. The van der Waals surface area contributed by atoms with Crippen LogP contribution in [0.5, 0.6) is 0 Å². The molecule has 0 spiro atoms. The molecule has 6 amide bonds. The van der Waals surface area contributed by atoms with Gasteiger partial charge in [-0.25, -0.2) is 0 Å². The monoisotopic (exact) mass is 899 g/mol. The molecule has 1 aromatic heterocycles. The van der Waals surface area contributed by atoms with Crippen molar-refractivity contribution in [2.75, 3.05) is 19.6 Å². The number of rotatable bonds is 12. The molecule has 5 atom stereocenters. The molecule has 3 aromatic rings. The number of aliphatic imine (C=N–C) groups is 1. The summed E-state index contributed by atoms with van der Waals surface area (Å²) in [5, 5.41) is 23.0. The van der Waals surface area contributed by atoms with Crippen molar-refractivity contribution < 1.29 is 38.7 Å². The first-order valence-corrected chi connectivity index (χ1v) is 22.9. The van der Waals surface area contributed by atoms with E-state index in [1.165, 1.54) is 4.90 Å². The Morgan fingerprint density at radius 2 is 1.48 bits per heavy atom. The fraction of sp³-hybridized carbons (Fsp3) is 0.532. The summed E-state index contributed by atoms with van der Waals surface area (Å²) < 4.78 is 0. The number of hydrogen-bond acceptors (Lipinski definition) is 8. The van der Waals surface area contributed by atoms with Crippen molar-refractivity contribution in [3.8, 4) is 0 Å². The van der Waals surface area contributed by atoms with Gasteiger partial charge in [-0.05, 0) is 74.5 Å². The van der Waals surface area contributed by atoms with Crippen LogP contribution >= 0.6 is 0 Å². The molecule has 0 radical (unpaired) electrons.